The van der Waals surface area contributed by atoms with Crippen LogP contribution >= 0.6 is 11.3 Å². The monoisotopic (exact) mass is 752 g/mol. The first kappa shape index (κ1) is 32.5. The molecule has 0 fully saturated rings. The number of hydrogen-bond acceptors (Lipinski definition) is 6. The molecule has 1 aliphatic carbocycles. The van der Waals surface area contributed by atoms with Crippen LogP contribution < -0.4 is 15.5 Å². The largest absolute Gasteiger partial charge is 0.456 e. The Kier molecular flexibility index (Phi) is 7.37. The van der Waals surface area contributed by atoms with Gasteiger partial charge in [-0.2, -0.15) is 0 Å². The molecule has 9 aromatic rings. The van der Waals surface area contributed by atoms with Gasteiger partial charge in [-0.1, -0.05) is 146 Å². The van der Waals surface area contributed by atoms with Gasteiger partial charge < -0.3 is 14.6 Å². The third-order valence-corrected chi connectivity index (χ3v) is 13.1. The number of nitrogens with zero attached hydrogens (tertiary/aromatic N) is 2. The van der Waals surface area contributed by atoms with Gasteiger partial charge in [-0.3, -0.25) is 5.32 Å². The maximum atomic E-state index is 6.66. The minimum Gasteiger partial charge on any atom is -0.456 e. The van der Waals surface area contributed by atoms with Crippen LogP contribution in [0.15, 0.2) is 191 Å². The van der Waals surface area contributed by atoms with Crippen molar-refractivity contribution in [1.29, 1.82) is 0 Å². The van der Waals surface area contributed by atoms with Crippen molar-refractivity contribution in [3.63, 3.8) is 0 Å². The number of aliphatic imine (C=N–C) groups is 1. The number of allylic oxidation sites excluding steroid dienone is 2. The highest BCUT2D eigenvalue weighted by molar-refractivity contribution is 7.26. The molecule has 0 bridgehead atoms. The van der Waals surface area contributed by atoms with Crippen LogP contribution in [-0.4, -0.2) is 11.9 Å². The van der Waals surface area contributed by atoms with E-state index < -0.39 is 0 Å². The fraction of sp³-hybridized carbons (Fsp3) is 0.0784. The third-order valence-electron chi connectivity index (χ3n) is 11.9. The number of anilines is 2. The minimum absolute atomic E-state index is 0.134. The van der Waals surface area contributed by atoms with Crippen LogP contribution in [0.4, 0.5) is 11.4 Å². The average Bonchev–Trinajstić information content (AvgIpc) is 3.96. The number of hydrogen-bond donors (Lipinski definition) is 2. The van der Waals surface area contributed by atoms with Gasteiger partial charge in [0.25, 0.3) is 0 Å². The molecule has 4 atom stereocenters. The fourth-order valence-corrected chi connectivity index (χ4v) is 10.5. The molecule has 0 spiro atoms. The highest BCUT2D eigenvalue weighted by Crippen LogP contribution is 2.50. The van der Waals surface area contributed by atoms with Gasteiger partial charge in [-0.25, -0.2) is 4.99 Å². The molecule has 57 heavy (non-hydrogen) atoms. The highest BCUT2D eigenvalue weighted by atomic mass is 32.1. The molecule has 6 heteroatoms. The van der Waals surface area contributed by atoms with Gasteiger partial charge in [0.2, 0.25) is 0 Å². The second kappa shape index (κ2) is 12.9. The van der Waals surface area contributed by atoms with Crippen molar-refractivity contribution < 1.29 is 4.42 Å². The summed E-state index contributed by atoms with van der Waals surface area (Å²) in [5, 5.41) is 12.4. The topological polar surface area (TPSA) is 52.8 Å². The predicted molar refractivity (Wildman–Crippen MR) is 237 cm³/mol. The molecular formula is C51H36N4OS. The Morgan fingerprint density at radius 3 is 2.21 bits per heavy atom. The summed E-state index contributed by atoms with van der Waals surface area (Å²) in [6.45, 7) is 0. The molecule has 7 aromatic carbocycles. The van der Waals surface area contributed by atoms with E-state index >= 15 is 0 Å². The standard InChI is InChI=1S/C51H36N4OS/c1-3-13-31(14-4-1)49-52-50(32-15-5-2-6-16-32)54-51(53-49)40-20-11-19-38-37-27-25-34(30-46(37)57-48(38)40)33-26-28-39-45(29-33)56-44-24-12-23-43(47(39)44)55-41-21-9-7-17-35(41)36-18-8-10-22-42(36)55/h1-30,35,41,49,51,53H,(H,52,54). The molecule has 2 aromatic heterocycles. The van der Waals surface area contributed by atoms with Crippen molar-refractivity contribution in [1.82, 2.24) is 10.6 Å². The Morgan fingerprint density at radius 2 is 1.32 bits per heavy atom. The SMILES string of the molecule is C1=CC2c3ccccc3N(c3cccc4oc5cc(-c6ccc7c(c6)sc6c(C8NC(c9ccccc9)=NC(c9ccccc9)N8)cccc67)ccc5c34)C2C=C1. The Balaban J connectivity index is 0.922. The second-order valence-electron chi connectivity index (χ2n) is 15.1. The summed E-state index contributed by atoms with van der Waals surface area (Å²) in [7, 11) is 0. The summed E-state index contributed by atoms with van der Waals surface area (Å²) in [5.74, 6) is 1.22. The van der Waals surface area contributed by atoms with Gasteiger partial charge in [0.05, 0.1) is 17.1 Å². The number of amidine groups is 1. The van der Waals surface area contributed by atoms with E-state index in [9.17, 15) is 0 Å². The van der Waals surface area contributed by atoms with Gasteiger partial charge in [0.15, 0.2) is 0 Å². The first-order valence-electron chi connectivity index (χ1n) is 19.6. The van der Waals surface area contributed by atoms with E-state index in [0.29, 0.717) is 5.92 Å². The summed E-state index contributed by atoms with van der Waals surface area (Å²) in [4.78, 5) is 7.64. The number of nitrogens with one attached hydrogen (secondary N) is 2. The van der Waals surface area contributed by atoms with Gasteiger partial charge in [-0.05, 0) is 58.7 Å². The molecule has 2 aliphatic heterocycles. The molecule has 12 rings (SSSR count). The summed E-state index contributed by atoms with van der Waals surface area (Å²) in [6.07, 6.45) is 8.70. The number of para-hydroxylation sites is 1. The zero-order valence-corrected chi connectivity index (χ0v) is 31.7. The zero-order chi connectivity index (χ0) is 37.5. The van der Waals surface area contributed by atoms with E-state index in [-0.39, 0.29) is 18.4 Å². The summed E-state index contributed by atoms with van der Waals surface area (Å²) < 4.78 is 9.18. The van der Waals surface area contributed by atoms with Crippen LogP contribution in [0.3, 0.4) is 0 Å². The lowest BCUT2D eigenvalue weighted by molar-refractivity contribution is 0.411. The zero-order valence-electron chi connectivity index (χ0n) is 30.8. The lowest BCUT2D eigenvalue weighted by Gasteiger charge is -2.32. The van der Waals surface area contributed by atoms with Crippen molar-refractivity contribution in [3.8, 4) is 11.1 Å². The van der Waals surface area contributed by atoms with E-state index in [2.05, 4.69) is 191 Å². The lowest BCUT2D eigenvalue weighted by Crippen LogP contribution is -2.45. The van der Waals surface area contributed by atoms with Crippen molar-refractivity contribution in [2.24, 2.45) is 4.99 Å². The van der Waals surface area contributed by atoms with E-state index in [4.69, 9.17) is 9.41 Å². The smallest absolute Gasteiger partial charge is 0.137 e. The van der Waals surface area contributed by atoms with Crippen LogP contribution in [0.1, 0.15) is 40.5 Å². The molecular weight excluding hydrogens is 717 g/mol. The molecule has 4 heterocycles. The van der Waals surface area contributed by atoms with E-state index in [1.165, 1.54) is 48.2 Å². The summed E-state index contributed by atoms with van der Waals surface area (Å²) in [6, 6.07) is 56.7. The average molecular weight is 753 g/mol. The van der Waals surface area contributed by atoms with Crippen LogP contribution in [0, 0.1) is 0 Å². The Bertz CT molecular complexity index is 3120. The predicted octanol–water partition coefficient (Wildman–Crippen LogP) is 12.7. The van der Waals surface area contributed by atoms with Crippen molar-refractivity contribution in [3.05, 3.63) is 204 Å². The molecule has 2 N–H and O–H groups in total. The molecule has 4 unspecified atom stereocenters. The molecule has 0 saturated heterocycles. The number of rotatable bonds is 5. The highest BCUT2D eigenvalue weighted by Gasteiger charge is 2.38. The van der Waals surface area contributed by atoms with Gasteiger partial charge >= 0.3 is 0 Å². The van der Waals surface area contributed by atoms with Crippen LogP contribution in [0.5, 0.6) is 0 Å². The van der Waals surface area contributed by atoms with Crippen molar-refractivity contribution >= 4 is 70.7 Å². The van der Waals surface area contributed by atoms with Crippen molar-refractivity contribution in [2.45, 2.75) is 24.3 Å². The Hall–Kier alpha value is -6.73. The first-order chi connectivity index (χ1) is 28.2. The molecule has 0 amide bonds. The third kappa shape index (κ3) is 5.22. The van der Waals surface area contributed by atoms with Gasteiger partial charge in [-0.15, -0.1) is 11.3 Å². The van der Waals surface area contributed by atoms with E-state index in [1.807, 2.05) is 17.4 Å². The molecule has 0 radical (unpaired) electrons. The summed E-state index contributed by atoms with van der Waals surface area (Å²) in [5.41, 5.74) is 11.3. The van der Waals surface area contributed by atoms with Crippen LogP contribution in [0.2, 0.25) is 0 Å². The van der Waals surface area contributed by atoms with Crippen LogP contribution in [-0.2, 0) is 0 Å². The van der Waals surface area contributed by atoms with Gasteiger partial charge in [0, 0.05) is 48.3 Å². The normalized spacial score (nSPS) is 19.9. The maximum absolute atomic E-state index is 6.66. The lowest BCUT2D eigenvalue weighted by atomic mass is 9.91. The molecule has 3 aliphatic rings. The maximum Gasteiger partial charge on any atom is 0.137 e. The molecule has 0 saturated carbocycles. The number of furan rings is 1. The van der Waals surface area contributed by atoms with E-state index in [1.54, 1.807) is 0 Å². The van der Waals surface area contributed by atoms with Crippen molar-refractivity contribution in [2.75, 3.05) is 4.90 Å². The number of thiophene rings is 1. The fourth-order valence-electron chi connectivity index (χ4n) is 9.25. The molecule has 272 valence electrons. The Morgan fingerprint density at radius 1 is 0.579 bits per heavy atom. The molecule has 5 nitrogen and oxygen atoms in total. The quantitative estimate of drug-likeness (QED) is 0.184. The van der Waals surface area contributed by atoms with E-state index in [0.717, 1.165) is 44.5 Å². The second-order valence-corrected chi connectivity index (χ2v) is 16.2. The van der Waals surface area contributed by atoms with Crippen LogP contribution in [0.25, 0.3) is 53.2 Å². The number of fused-ring (bicyclic) bond motifs is 9. The summed E-state index contributed by atoms with van der Waals surface area (Å²) >= 11 is 1.85. The Labute approximate surface area is 333 Å². The first-order valence-corrected chi connectivity index (χ1v) is 20.4. The minimum atomic E-state index is -0.183. The van der Waals surface area contributed by atoms with Gasteiger partial charge in [0.1, 0.15) is 29.3 Å². The number of benzene rings is 7.